The minimum atomic E-state index is -1.06. The molecule has 1 aromatic rings. The monoisotopic (exact) mass is 303 g/mol. The first-order valence-corrected chi connectivity index (χ1v) is 7.17. The molecule has 1 aromatic carbocycles. The molecule has 1 aliphatic heterocycles. The fraction of sp³-hybridized carbons (Fsp3) is 0.412. The van der Waals surface area contributed by atoms with Gasteiger partial charge >= 0.3 is 12.1 Å². The van der Waals surface area contributed by atoms with Crippen molar-refractivity contribution in [3.8, 4) is 0 Å². The molecule has 118 valence electrons. The SMILES string of the molecule is Cc1cccc(C2=CC(C(=O)O)N(C(=O)OC(C)(C)C)C2)c1. The Balaban J connectivity index is 2.25. The number of rotatable bonds is 2. The highest BCUT2D eigenvalue weighted by atomic mass is 16.6. The number of benzene rings is 1. The van der Waals surface area contributed by atoms with Gasteiger partial charge in [-0.2, -0.15) is 0 Å². The lowest BCUT2D eigenvalue weighted by molar-refractivity contribution is -0.140. The summed E-state index contributed by atoms with van der Waals surface area (Å²) >= 11 is 0. The quantitative estimate of drug-likeness (QED) is 0.911. The van der Waals surface area contributed by atoms with Gasteiger partial charge in [0.05, 0.1) is 6.54 Å². The van der Waals surface area contributed by atoms with Gasteiger partial charge in [-0.05, 0) is 44.9 Å². The Morgan fingerprint density at radius 2 is 2.00 bits per heavy atom. The fourth-order valence-corrected chi connectivity index (χ4v) is 2.35. The smallest absolute Gasteiger partial charge is 0.411 e. The number of carboxylic acids is 1. The Bertz CT molecular complexity index is 628. The Labute approximate surface area is 130 Å². The summed E-state index contributed by atoms with van der Waals surface area (Å²) in [7, 11) is 0. The summed E-state index contributed by atoms with van der Waals surface area (Å²) in [6.07, 6.45) is 1.000. The van der Waals surface area contributed by atoms with Crippen LogP contribution in [0.25, 0.3) is 5.57 Å². The van der Waals surface area contributed by atoms with E-state index in [1.165, 1.54) is 4.90 Å². The van der Waals surface area contributed by atoms with Crippen LogP contribution >= 0.6 is 0 Å². The van der Waals surface area contributed by atoms with Crippen molar-refractivity contribution in [3.05, 3.63) is 41.5 Å². The third-order valence-electron chi connectivity index (χ3n) is 3.31. The van der Waals surface area contributed by atoms with Gasteiger partial charge in [-0.1, -0.05) is 29.8 Å². The zero-order chi connectivity index (χ0) is 16.5. The summed E-state index contributed by atoms with van der Waals surface area (Å²) in [4.78, 5) is 24.9. The number of ether oxygens (including phenoxy) is 1. The van der Waals surface area contributed by atoms with E-state index < -0.39 is 23.7 Å². The summed E-state index contributed by atoms with van der Waals surface area (Å²) in [5.74, 6) is -1.06. The Kier molecular flexibility index (Phi) is 4.26. The number of aryl methyl sites for hydroxylation is 1. The summed E-state index contributed by atoms with van der Waals surface area (Å²) in [5.41, 5.74) is 2.17. The molecule has 1 atom stereocenters. The van der Waals surface area contributed by atoms with Crippen molar-refractivity contribution in [2.24, 2.45) is 0 Å². The highest BCUT2D eigenvalue weighted by Crippen LogP contribution is 2.27. The van der Waals surface area contributed by atoms with Crippen molar-refractivity contribution in [3.63, 3.8) is 0 Å². The Morgan fingerprint density at radius 3 is 2.55 bits per heavy atom. The van der Waals surface area contributed by atoms with Crippen molar-refractivity contribution in [2.75, 3.05) is 6.54 Å². The number of hydrogen-bond acceptors (Lipinski definition) is 3. The van der Waals surface area contributed by atoms with Gasteiger partial charge in [0.1, 0.15) is 5.60 Å². The van der Waals surface area contributed by atoms with Crippen molar-refractivity contribution in [1.29, 1.82) is 0 Å². The molecule has 22 heavy (non-hydrogen) atoms. The number of aliphatic carboxylic acids is 1. The van der Waals surface area contributed by atoms with Crippen molar-refractivity contribution < 1.29 is 19.4 Å². The zero-order valence-corrected chi connectivity index (χ0v) is 13.3. The number of carbonyl (C=O) groups is 2. The van der Waals surface area contributed by atoms with Crippen LogP contribution in [-0.4, -0.2) is 40.3 Å². The van der Waals surface area contributed by atoms with Gasteiger partial charge in [0, 0.05) is 0 Å². The Morgan fingerprint density at radius 1 is 1.32 bits per heavy atom. The van der Waals surface area contributed by atoms with Crippen LogP contribution in [0.4, 0.5) is 4.79 Å². The molecule has 1 N–H and O–H groups in total. The van der Waals surface area contributed by atoms with E-state index in [4.69, 9.17) is 4.74 Å². The molecular formula is C17H21NO4. The maximum atomic E-state index is 12.2. The first-order valence-electron chi connectivity index (χ1n) is 7.17. The van der Waals surface area contributed by atoms with Crippen LogP contribution in [0, 0.1) is 6.92 Å². The highest BCUT2D eigenvalue weighted by molar-refractivity contribution is 5.89. The third-order valence-corrected chi connectivity index (χ3v) is 3.31. The largest absolute Gasteiger partial charge is 0.479 e. The van der Waals surface area contributed by atoms with E-state index in [9.17, 15) is 14.7 Å². The summed E-state index contributed by atoms with van der Waals surface area (Å²) in [6.45, 7) is 7.47. The molecule has 1 heterocycles. The molecule has 0 saturated carbocycles. The minimum absolute atomic E-state index is 0.231. The van der Waals surface area contributed by atoms with Crippen LogP contribution in [0.5, 0.6) is 0 Å². The molecule has 1 aliphatic rings. The summed E-state index contributed by atoms with van der Waals surface area (Å²) < 4.78 is 5.30. The van der Waals surface area contributed by atoms with Crippen LogP contribution in [0.2, 0.25) is 0 Å². The van der Waals surface area contributed by atoms with Crippen LogP contribution in [0.1, 0.15) is 31.9 Å². The van der Waals surface area contributed by atoms with Crippen LogP contribution < -0.4 is 0 Å². The normalized spacial score (nSPS) is 18.1. The maximum absolute atomic E-state index is 12.2. The second kappa shape index (κ2) is 5.83. The van der Waals surface area contributed by atoms with Crippen molar-refractivity contribution in [2.45, 2.75) is 39.3 Å². The molecule has 0 radical (unpaired) electrons. The van der Waals surface area contributed by atoms with E-state index >= 15 is 0 Å². The van der Waals surface area contributed by atoms with Gasteiger partial charge in [-0.15, -0.1) is 0 Å². The molecule has 0 fully saturated rings. The molecule has 2 rings (SSSR count). The van der Waals surface area contributed by atoms with Gasteiger partial charge in [0.2, 0.25) is 0 Å². The van der Waals surface area contributed by atoms with Gasteiger partial charge in [0.25, 0.3) is 0 Å². The molecule has 5 heteroatoms. The minimum Gasteiger partial charge on any atom is -0.479 e. The van der Waals surface area contributed by atoms with Gasteiger partial charge in [0.15, 0.2) is 6.04 Å². The number of hydrogen-bond donors (Lipinski definition) is 1. The molecule has 0 aromatic heterocycles. The average molecular weight is 303 g/mol. The van der Waals surface area contributed by atoms with E-state index in [-0.39, 0.29) is 6.54 Å². The van der Waals surface area contributed by atoms with Crippen molar-refractivity contribution >= 4 is 17.6 Å². The van der Waals surface area contributed by atoms with E-state index in [0.29, 0.717) is 0 Å². The predicted molar refractivity (Wildman–Crippen MR) is 83.5 cm³/mol. The van der Waals surface area contributed by atoms with Crippen LogP contribution in [0.15, 0.2) is 30.3 Å². The number of carboxylic acid groups (broad SMARTS) is 1. The molecule has 5 nitrogen and oxygen atoms in total. The average Bonchev–Trinajstić information content (AvgIpc) is 2.82. The van der Waals surface area contributed by atoms with E-state index in [0.717, 1.165) is 16.7 Å². The van der Waals surface area contributed by atoms with E-state index in [2.05, 4.69) is 0 Å². The van der Waals surface area contributed by atoms with E-state index in [1.807, 2.05) is 31.2 Å². The molecular weight excluding hydrogens is 282 g/mol. The zero-order valence-electron chi connectivity index (χ0n) is 13.3. The molecule has 1 amide bonds. The number of amides is 1. The number of carbonyl (C=O) groups excluding carboxylic acids is 1. The highest BCUT2D eigenvalue weighted by Gasteiger charge is 2.36. The lowest BCUT2D eigenvalue weighted by atomic mass is 10.0. The summed E-state index contributed by atoms with van der Waals surface area (Å²) in [5, 5.41) is 9.36. The topological polar surface area (TPSA) is 66.8 Å². The molecule has 0 spiro atoms. The predicted octanol–water partition coefficient (Wildman–Crippen LogP) is 3.08. The lowest BCUT2D eigenvalue weighted by Crippen LogP contribution is -2.43. The van der Waals surface area contributed by atoms with Crippen molar-refractivity contribution in [1.82, 2.24) is 4.90 Å². The van der Waals surface area contributed by atoms with E-state index in [1.54, 1.807) is 26.8 Å². The van der Waals surface area contributed by atoms with Crippen LogP contribution in [0.3, 0.4) is 0 Å². The van der Waals surface area contributed by atoms with Gasteiger partial charge < -0.3 is 9.84 Å². The maximum Gasteiger partial charge on any atom is 0.411 e. The third kappa shape index (κ3) is 3.67. The number of nitrogens with zero attached hydrogens (tertiary/aromatic N) is 1. The fourth-order valence-electron chi connectivity index (χ4n) is 2.35. The molecule has 0 saturated heterocycles. The van der Waals surface area contributed by atoms with Gasteiger partial charge in [-0.3, -0.25) is 4.90 Å². The first kappa shape index (κ1) is 16.1. The lowest BCUT2D eigenvalue weighted by Gasteiger charge is -2.27. The molecule has 0 bridgehead atoms. The molecule has 0 aliphatic carbocycles. The standard InChI is InChI=1S/C17H21NO4/c1-11-6-5-7-12(8-11)13-9-14(15(19)20)18(10-13)16(21)22-17(2,3)4/h5-9,14H,10H2,1-4H3,(H,19,20). The molecule has 1 unspecified atom stereocenters. The second-order valence-electron chi connectivity index (χ2n) is 6.45. The first-order chi connectivity index (χ1) is 10.2. The van der Waals surface area contributed by atoms with Gasteiger partial charge in [-0.25, -0.2) is 9.59 Å². The second-order valence-corrected chi connectivity index (χ2v) is 6.45. The summed E-state index contributed by atoms with van der Waals surface area (Å²) in [6, 6.07) is 6.78. The Hall–Kier alpha value is -2.30. The van der Waals surface area contributed by atoms with Crippen LogP contribution in [-0.2, 0) is 9.53 Å².